The fraction of sp³-hybridized carbons (Fsp3) is 0.556. The molecular formula is C18H26O9. The van der Waals surface area contributed by atoms with E-state index in [2.05, 4.69) is 0 Å². The van der Waals surface area contributed by atoms with Crippen molar-refractivity contribution >= 4 is 23.9 Å². The van der Waals surface area contributed by atoms with Gasteiger partial charge in [0.25, 0.3) is 0 Å². The average Bonchev–Trinajstić information content (AvgIpc) is 2.49. The van der Waals surface area contributed by atoms with Crippen molar-refractivity contribution in [3.8, 4) is 0 Å². The molecule has 0 aliphatic heterocycles. The summed E-state index contributed by atoms with van der Waals surface area (Å²) in [6.45, 7) is 7.08. The molecule has 0 heterocycles. The Balaban J connectivity index is 4.21. The van der Waals surface area contributed by atoms with Crippen molar-refractivity contribution in [2.24, 2.45) is 0 Å². The lowest BCUT2D eigenvalue weighted by molar-refractivity contribution is -0.153. The quantitative estimate of drug-likeness (QED) is 0.379. The van der Waals surface area contributed by atoms with Crippen LogP contribution in [0, 0.1) is 0 Å². The number of carbonyl (C=O) groups excluding carboxylic acids is 2. The topological polar surface area (TPSA) is 136 Å². The van der Waals surface area contributed by atoms with Crippen LogP contribution in [0.1, 0.15) is 40.5 Å². The summed E-state index contributed by atoms with van der Waals surface area (Å²) < 4.78 is 15.8. The molecule has 27 heavy (non-hydrogen) atoms. The zero-order chi connectivity index (χ0) is 21.0. The summed E-state index contributed by atoms with van der Waals surface area (Å²) in [5.41, 5.74) is -0.862. The van der Waals surface area contributed by atoms with Crippen LogP contribution >= 0.6 is 0 Å². The van der Waals surface area contributed by atoms with Crippen molar-refractivity contribution in [2.45, 2.75) is 58.3 Å². The van der Waals surface area contributed by atoms with E-state index in [0.717, 1.165) is 12.2 Å². The molecule has 9 heteroatoms. The van der Waals surface area contributed by atoms with Gasteiger partial charge in [0.2, 0.25) is 0 Å². The molecule has 0 spiro atoms. The Morgan fingerprint density at radius 2 is 1.41 bits per heavy atom. The van der Waals surface area contributed by atoms with E-state index >= 15 is 0 Å². The molecule has 0 aromatic heterocycles. The van der Waals surface area contributed by atoms with Gasteiger partial charge < -0.3 is 24.4 Å². The third-order valence-corrected chi connectivity index (χ3v) is 3.12. The number of carboxylic acids is 2. The van der Waals surface area contributed by atoms with Crippen LogP contribution in [0.3, 0.4) is 0 Å². The van der Waals surface area contributed by atoms with Crippen molar-refractivity contribution in [2.75, 3.05) is 6.61 Å². The van der Waals surface area contributed by atoms with Crippen LogP contribution in [0.5, 0.6) is 0 Å². The Hall–Kier alpha value is -2.68. The van der Waals surface area contributed by atoms with Gasteiger partial charge >= 0.3 is 23.9 Å². The van der Waals surface area contributed by atoms with E-state index < -0.39 is 35.6 Å². The molecule has 0 aromatic rings. The number of ether oxygens (including phenoxy) is 3. The van der Waals surface area contributed by atoms with Crippen molar-refractivity contribution < 1.29 is 43.6 Å². The van der Waals surface area contributed by atoms with E-state index in [4.69, 9.17) is 24.4 Å². The Bertz CT molecular complexity index is 590. The molecule has 2 unspecified atom stereocenters. The van der Waals surface area contributed by atoms with Gasteiger partial charge in [-0.3, -0.25) is 0 Å². The second kappa shape index (κ2) is 11.8. The SMILES string of the molecule is CC(CC(C)(C)OC(=O)C=CC(=O)O)OCCC(C)OC(=O)C=CC(=O)O. The number of carbonyl (C=O) groups is 4. The van der Waals surface area contributed by atoms with Crippen LogP contribution in [0.4, 0.5) is 0 Å². The number of rotatable bonds is 12. The molecule has 0 aromatic carbocycles. The fourth-order valence-corrected chi connectivity index (χ4v) is 2.11. The maximum absolute atomic E-state index is 11.5. The van der Waals surface area contributed by atoms with Gasteiger partial charge in [0.05, 0.1) is 12.7 Å². The highest BCUT2D eigenvalue weighted by Crippen LogP contribution is 2.19. The molecule has 0 amide bonds. The second-order valence-corrected chi connectivity index (χ2v) is 6.45. The Kier molecular flexibility index (Phi) is 10.7. The summed E-state index contributed by atoms with van der Waals surface area (Å²) in [6.07, 6.45) is 3.10. The average molecular weight is 386 g/mol. The zero-order valence-electron chi connectivity index (χ0n) is 15.8. The largest absolute Gasteiger partial charge is 0.478 e. The number of hydrogen-bond acceptors (Lipinski definition) is 7. The smallest absolute Gasteiger partial charge is 0.331 e. The molecule has 152 valence electrons. The van der Waals surface area contributed by atoms with Crippen molar-refractivity contribution in [3.05, 3.63) is 24.3 Å². The van der Waals surface area contributed by atoms with E-state index in [9.17, 15) is 19.2 Å². The Labute approximate surface area is 157 Å². The number of carboxylic acid groups (broad SMARTS) is 2. The van der Waals surface area contributed by atoms with Crippen LogP contribution < -0.4 is 0 Å². The van der Waals surface area contributed by atoms with E-state index in [0.29, 0.717) is 25.0 Å². The first-order valence-electron chi connectivity index (χ1n) is 8.28. The van der Waals surface area contributed by atoms with Gasteiger partial charge in [0.15, 0.2) is 0 Å². The lowest BCUT2D eigenvalue weighted by Crippen LogP contribution is -2.32. The van der Waals surface area contributed by atoms with E-state index in [1.54, 1.807) is 27.7 Å². The predicted molar refractivity (Wildman–Crippen MR) is 93.9 cm³/mol. The molecule has 2 atom stereocenters. The van der Waals surface area contributed by atoms with Crippen LogP contribution in [0.25, 0.3) is 0 Å². The van der Waals surface area contributed by atoms with Gasteiger partial charge in [-0.05, 0) is 27.7 Å². The first-order valence-corrected chi connectivity index (χ1v) is 8.28. The third-order valence-electron chi connectivity index (χ3n) is 3.12. The monoisotopic (exact) mass is 386 g/mol. The molecule has 0 saturated carbocycles. The fourth-order valence-electron chi connectivity index (χ4n) is 2.11. The highest BCUT2D eigenvalue weighted by atomic mass is 16.6. The molecular weight excluding hydrogens is 360 g/mol. The zero-order valence-corrected chi connectivity index (χ0v) is 15.8. The molecule has 0 radical (unpaired) electrons. The maximum atomic E-state index is 11.5. The predicted octanol–water partition coefficient (Wildman–Crippen LogP) is 1.71. The summed E-state index contributed by atoms with van der Waals surface area (Å²) in [5.74, 6) is -3.99. The normalized spacial score (nSPS) is 14.1. The highest BCUT2D eigenvalue weighted by Gasteiger charge is 2.25. The molecule has 0 bridgehead atoms. The van der Waals surface area contributed by atoms with Crippen LogP contribution in [-0.2, 0) is 33.4 Å². The van der Waals surface area contributed by atoms with Crippen LogP contribution in [0.2, 0.25) is 0 Å². The van der Waals surface area contributed by atoms with Crippen LogP contribution in [0.15, 0.2) is 24.3 Å². The lowest BCUT2D eigenvalue weighted by Gasteiger charge is -2.28. The first kappa shape index (κ1) is 24.3. The van der Waals surface area contributed by atoms with Crippen molar-refractivity contribution in [1.29, 1.82) is 0 Å². The highest BCUT2D eigenvalue weighted by molar-refractivity contribution is 5.91. The van der Waals surface area contributed by atoms with Gasteiger partial charge in [-0.15, -0.1) is 0 Å². The van der Waals surface area contributed by atoms with E-state index in [1.165, 1.54) is 0 Å². The van der Waals surface area contributed by atoms with E-state index in [-0.39, 0.29) is 12.7 Å². The maximum Gasteiger partial charge on any atom is 0.331 e. The minimum atomic E-state index is -1.24. The summed E-state index contributed by atoms with van der Waals surface area (Å²) in [4.78, 5) is 43.6. The summed E-state index contributed by atoms with van der Waals surface area (Å²) in [6, 6.07) is 0. The molecule has 0 rings (SSSR count). The Morgan fingerprint density at radius 3 is 1.93 bits per heavy atom. The summed E-state index contributed by atoms with van der Waals surface area (Å²) in [5, 5.41) is 16.9. The molecule has 0 aliphatic carbocycles. The van der Waals surface area contributed by atoms with Crippen LogP contribution in [-0.4, -0.2) is 58.5 Å². The molecule has 0 saturated heterocycles. The molecule has 9 nitrogen and oxygen atoms in total. The minimum absolute atomic E-state index is 0.272. The standard InChI is InChI=1S/C18H26O9/c1-12(26-16(23)7-5-14(19)20)9-10-25-13(2)11-18(3,4)27-17(24)8-6-15(21)22/h5-8,12-13H,9-11H2,1-4H3,(H,19,20)(H,21,22). The first-order chi connectivity index (χ1) is 12.4. The van der Waals surface area contributed by atoms with Crippen molar-refractivity contribution in [1.82, 2.24) is 0 Å². The van der Waals surface area contributed by atoms with Gasteiger partial charge in [-0.25, -0.2) is 19.2 Å². The molecule has 2 N–H and O–H groups in total. The number of esters is 2. The lowest BCUT2D eigenvalue weighted by atomic mass is 10.0. The van der Waals surface area contributed by atoms with Gasteiger partial charge in [-0.2, -0.15) is 0 Å². The molecule has 0 aliphatic rings. The summed E-state index contributed by atoms with van der Waals surface area (Å²) >= 11 is 0. The van der Waals surface area contributed by atoms with E-state index in [1.807, 2.05) is 0 Å². The third kappa shape index (κ3) is 14.2. The minimum Gasteiger partial charge on any atom is -0.478 e. The second-order valence-electron chi connectivity index (χ2n) is 6.45. The van der Waals surface area contributed by atoms with Gasteiger partial charge in [-0.1, -0.05) is 0 Å². The van der Waals surface area contributed by atoms with Gasteiger partial charge in [0, 0.05) is 37.1 Å². The molecule has 0 fully saturated rings. The number of aliphatic carboxylic acids is 2. The van der Waals surface area contributed by atoms with Gasteiger partial charge in [0.1, 0.15) is 11.7 Å². The summed E-state index contributed by atoms with van der Waals surface area (Å²) in [7, 11) is 0. The van der Waals surface area contributed by atoms with Crippen molar-refractivity contribution in [3.63, 3.8) is 0 Å². The number of hydrogen-bond donors (Lipinski definition) is 2. The Morgan fingerprint density at radius 1 is 0.889 bits per heavy atom.